The van der Waals surface area contributed by atoms with E-state index in [1.54, 1.807) is 11.9 Å². The Kier molecular flexibility index (Phi) is 3.55. The zero-order valence-electron chi connectivity index (χ0n) is 9.36. The molecule has 1 saturated carbocycles. The van der Waals surface area contributed by atoms with Crippen LogP contribution in [0.4, 0.5) is 0 Å². The maximum absolute atomic E-state index is 12.1. The molecule has 0 heterocycles. The molecule has 1 rings (SSSR count). The van der Waals surface area contributed by atoms with Crippen molar-refractivity contribution >= 4 is 11.7 Å². The van der Waals surface area contributed by atoms with Gasteiger partial charge in [0.15, 0.2) is 5.84 Å². The first-order valence-electron chi connectivity index (χ1n) is 5.32. The van der Waals surface area contributed by atoms with E-state index < -0.39 is 5.41 Å². The molecule has 0 aliphatic heterocycles. The summed E-state index contributed by atoms with van der Waals surface area (Å²) in [6, 6.07) is 0. The summed E-state index contributed by atoms with van der Waals surface area (Å²) in [4.78, 5) is 13.8. The second kappa shape index (κ2) is 4.51. The van der Waals surface area contributed by atoms with Crippen LogP contribution in [0.2, 0.25) is 0 Å². The SMILES string of the molecule is CCCN(C)C(=O)C1(C(N)=NO)CCC1. The predicted molar refractivity (Wildman–Crippen MR) is 57.6 cm³/mol. The Balaban J connectivity index is 2.78. The average Bonchev–Trinajstić information content (AvgIpc) is 2.16. The molecule has 0 atom stereocenters. The largest absolute Gasteiger partial charge is 0.409 e. The zero-order valence-corrected chi connectivity index (χ0v) is 9.36. The molecule has 0 radical (unpaired) electrons. The van der Waals surface area contributed by atoms with Crippen molar-refractivity contribution in [1.29, 1.82) is 0 Å². The number of hydrogen-bond acceptors (Lipinski definition) is 3. The second-order valence-corrected chi connectivity index (χ2v) is 4.15. The first-order chi connectivity index (χ1) is 7.08. The van der Waals surface area contributed by atoms with Crippen molar-refractivity contribution in [2.24, 2.45) is 16.3 Å². The molecule has 3 N–H and O–H groups in total. The first-order valence-corrected chi connectivity index (χ1v) is 5.32. The molecule has 1 amide bonds. The molecular formula is C10H19N3O2. The van der Waals surface area contributed by atoms with Gasteiger partial charge in [0, 0.05) is 13.6 Å². The van der Waals surface area contributed by atoms with Crippen molar-refractivity contribution < 1.29 is 10.0 Å². The van der Waals surface area contributed by atoms with E-state index in [2.05, 4.69) is 5.16 Å². The lowest BCUT2D eigenvalue weighted by molar-refractivity contribution is -0.140. The minimum atomic E-state index is -0.724. The van der Waals surface area contributed by atoms with Crippen LogP contribution in [0.3, 0.4) is 0 Å². The highest BCUT2D eigenvalue weighted by molar-refractivity contribution is 6.07. The molecular weight excluding hydrogens is 194 g/mol. The van der Waals surface area contributed by atoms with Crippen molar-refractivity contribution in [2.75, 3.05) is 13.6 Å². The van der Waals surface area contributed by atoms with E-state index in [1.807, 2.05) is 6.92 Å². The monoisotopic (exact) mass is 213 g/mol. The van der Waals surface area contributed by atoms with Gasteiger partial charge in [-0.3, -0.25) is 4.79 Å². The fourth-order valence-corrected chi connectivity index (χ4v) is 2.01. The van der Waals surface area contributed by atoms with Gasteiger partial charge < -0.3 is 15.8 Å². The number of carbonyl (C=O) groups excluding carboxylic acids is 1. The molecule has 1 aliphatic rings. The van der Waals surface area contributed by atoms with Gasteiger partial charge in [0.05, 0.1) is 0 Å². The average molecular weight is 213 g/mol. The quantitative estimate of drug-likeness (QED) is 0.313. The molecule has 1 fully saturated rings. The van der Waals surface area contributed by atoms with Crippen LogP contribution in [0.15, 0.2) is 5.16 Å². The van der Waals surface area contributed by atoms with Crippen LogP contribution < -0.4 is 5.73 Å². The summed E-state index contributed by atoms with van der Waals surface area (Å²) in [7, 11) is 1.76. The maximum Gasteiger partial charge on any atom is 0.236 e. The molecule has 5 nitrogen and oxygen atoms in total. The predicted octanol–water partition coefficient (Wildman–Crippen LogP) is 0.771. The van der Waals surface area contributed by atoms with Crippen LogP contribution in [0, 0.1) is 5.41 Å². The Morgan fingerprint density at radius 2 is 2.20 bits per heavy atom. The van der Waals surface area contributed by atoms with Crippen LogP contribution in [-0.4, -0.2) is 35.4 Å². The third kappa shape index (κ3) is 1.91. The summed E-state index contributed by atoms with van der Waals surface area (Å²) in [5.74, 6) is 0.0348. The van der Waals surface area contributed by atoms with Gasteiger partial charge in [0.25, 0.3) is 0 Å². The van der Waals surface area contributed by atoms with E-state index in [-0.39, 0.29) is 11.7 Å². The van der Waals surface area contributed by atoms with Gasteiger partial charge in [-0.2, -0.15) is 0 Å². The molecule has 0 unspecified atom stereocenters. The second-order valence-electron chi connectivity index (χ2n) is 4.15. The van der Waals surface area contributed by atoms with Crippen LogP contribution in [0.1, 0.15) is 32.6 Å². The molecule has 1 aliphatic carbocycles. The van der Waals surface area contributed by atoms with Crippen LogP contribution in [0.25, 0.3) is 0 Å². The standard InChI is InChI=1S/C10H19N3O2/c1-3-7-13(2)9(14)10(5-4-6-10)8(11)12-15/h15H,3-7H2,1-2H3,(H2,11,12). The molecule has 0 saturated heterocycles. The molecule has 15 heavy (non-hydrogen) atoms. The van der Waals surface area contributed by atoms with Crippen LogP contribution in [-0.2, 0) is 4.79 Å². The maximum atomic E-state index is 12.1. The molecule has 0 aromatic heterocycles. The third-order valence-corrected chi connectivity index (χ3v) is 3.12. The summed E-state index contributed by atoms with van der Waals surface area (Å²) in [5, 5.41) is 11.7. The number of carbonyl (C=O) groups is 1. The number of nitrogens with zero attached hydrogens (tertiary/aromatic N) is 2. The minimum absolute atomic E-state index is 0.0223. The highest BCUT2D eigenvalue weighted by Gasteiger charge is 2.49. The summed E-state index contributed by atoms with van der Waals surface area (Å²) in [6.07, 6.45) is 3.25. The van der Waals surface area contributed by atoms with Crippen molar-refractivity contribution in [3.8, 4) is 0 Å². The first kappa shape index (κ1) is 11.8. The fraction of sp³-hybridized carbons (Fsp3) is 0.800. The molecule has 0 spiro atoms. The van der Waals surface area contributed by atoms with Crippen LogP contribution in [0.5, 0.6) is 0 Å². The van der Waals surface area contributed by atoms with E-state index in [1.165, 1.54) is 0 Å². The number of amidine groups is 1. The van der Waals surface area contributed by atoms with Crippen LogP contribution >= 0.6 is 0 Å². The summed E-state index contributed by atoms with van der Waals surface area (Å²) in [6.45, 7) is 2.72. The van der Waals surface area contributed by atoms with E-state index in [9.17, 15) is 4.79 Å². The zero-order chi connectivity index (χ0) is 11.5. The Morgan fingerprint density at radius 3 is 2.53 bits per heavy atom. The number of hydrogen-bond donors (Lipinski definition) is 2. The normalized spacial score (nSPS) is 19.5. The number of amides is 1. The third-order valence-electron chi connectivity index (χ3n) is 3.12. The minimum Gasteiger partial charge on any atom is -0.409 e. The summed E-state index contributed by atoms with van der Waals surface area (Å²) >= 11 is 0. The van der Waals surface area contributed by atoms with Crippen molar-refractivity contribution in [2.45, 2.75) is 32.6 Å². The van der Waals surface area contributed by atoms with Crippen molar-refractivity contribution in [3.63, 3.8) is 0 Å². The van der Waals surface area contributed by atoms with E-state index in [4.69, 9.17) is 10.9 Å². The van der Waals surface area contributed by atoms with Crippen molar-refractivity contribution in [3.05, 3.63) is 0 Å². The Morgan fingerprint density at radius 1 is 1.60 bits per heavy atom. The smallest absolute Gasteiger partial charge is 0.236 e. The number of nitrogens with two attached hydrogens (primary N) is 1. The van der Waals surface area contributed by atoms with Gasteiger partial charge >= 0.3 is 0 Å². The lowest BCUT2D eigenvalue weighted by Crippen LogP contribution is -2.54. The van der Waals surface area contributed by atoms with Gasteiger partial charge in [-0.1, -0.05) is 18.5 Å². The van der Waals surface area contributed by atoms with Gasteiger partial charge in [-0.15, -0.1) is 0 Å². The topological polar surface area (TPSA) is 78.9 Å². The van der Waals surface area contributed by atoms with Gasteiger partial charge in [0.1, 0.15) is 5.41 Å². The van der Waals surface area contributed by atoms with Gasteiger partial charge in [-0.05, 0) is 19.3 Å². The van der Waals surface area contributed by atoms with E-state index >= 15 is 0 Å². The molecule has 86 valence electrons. The number of rotatable bonds is 4. The Bertz CT molecular complexity index is 272. The summed E-state index contributed by atoms with van der Waals surface area (Å²) < 4.78 is 0. The Labute approximate surface area is 89.9 Å². The lowest BCUT2D eigenvalue weighted by Gasteiger charge is -2.41. The van der Waals surface area contributed by atoms with Gasteiger partial charge in [0.2, 0.25) is 5.91 Å². The fourth-order valence-electron chi connectivity index (χ4n) is 2.01. The molecule has 0 aromatic carbocycles. The lowest BCUT2D eigenvalue weighted by atomic mass is 9.67. The van der Waals surface area contributed by atoms with E-state index in [0.29, 0.717) is 19.4 Å². The Hall–Kier alpha value is -1.26. The highest BCUT2D eigenvalue weighted by Crippen LogP contribution is 2.42. The molecule has 0 aromatic rings. The summed E-state index contributed by atoms with van der Waals surface area (Å²) in [5.41, 5.74) is 4.88. The number of oxime groups is 1. The highest BCUT2D eigenvalue weighted by atomic mass is 16.4. The van der Waals surface area contributed by atoms with Gasteiger partial charge in [-0.25, -0.2) is 0 Å². The van der Waals surface area contributed by atoms with E-state index in [0.717, 1.165) is 12.8 Å². The van der Waals surface area contributed by atoms with Crippen molar-refractivity contribution in [1.82, 2.24) is 4.90 Å². The molecule has 0 bridgehead atoms. The molecule has 5 heteroatoms.